The van der Waals surface area contributed by atoms with Gasteiger partial charge in [-0.1, -0.05) is 17.3 Å². The van der Waals surface area contributed by atoms with Crippen molar-refractivity contribution < 1.29 is 13.7 Å². The standard InChI is InChI=1S/C21H21FN4O2/c1-13-7-8-16(22)11-18(13)26-12-15(10-19(26)27)20-23-21(28-24-20)14-5-4-6-17(9-14)25(2)3/h4-9,11,15H,10,12H2,1-3H3. The first-order valence-electron chi connectivity index (χ1n) is 9.10. The summed E-state index contributed by atoms with van der Waals surface area (Å²) in [6.45, 7) is 2.26. The van der Waals surface area contributed by atoms with Crippen molar-refractivity contribution >= 4 is 17.3 Å². The first-order valence-corrected chi connectivity index (χ1v) is 9.10. The van der Waals surface area contributed by atoms with Crippen LogP contribution in [0, 0.1) is 12.7 Å². The highest BCUT2D eigenvalue weighted by molar-refractivity contribution is 5.97. The maximum atomic E-state index is 13.6. The third-order valence-corrected chi connectivity index (χ3v) is 5.00. The number of hydrogen-bond acceptors (Lipinski definition) is 5. The van der Waals surface area contributed by atoms with Crippen molar-refractivity contribution in [3.05, 3.63) is 59.7 Å². The van der Waals surface area contributed by atoms with Gasteiger partial charge in [0.1, 0.15) is 5.82 Å². The number of nitrogens with zero attached hydrogens (tertiary/aromatic N) is 4. The van der Waals surface area contributed by atoms with Crippen LogP contribution in [0.3, 0.4) is 0 Å². The minimum Gasteiger partial charge on any atom is -0.378 e. The molecule has 1 aliphatic heterocycles. The van der Waals surface area contributed by atoms with Crippen LogP contribution in [-0.4, -0.2) is 36.7 Å². The molecule has 28 heavy (non-hydrogen) atoms. The van der Waals surface area contributed by atoms with Crippen molar-refractivity contribution in [1.29, 1.82) is 0 Å². The molecule has 1 aliphatic rings. The highest BCUT2D eigenvalue weighted by Gasteiger charge is 2.35. The smallest absolute Gasteiger partial charge is 0.258 e. The van der Waals surface area contributed by atoms with E-state index < -0.39 is 0 Å². The van der Waals surface area contributed by atoms with Crippen LogP contribution in [0.15, 0.2) is 47.0 Å². The van der Waals surface area contributed by atoms with Crippen LogP contribution < -0.4 is 9.80 Å². The number of anilines is 2. The van der Waals surface area contributed by atoms with Crippen molar-refractivity contribution in [2.24, 2.45) is 0 Å². The maximum absolute atomic E-state index is 13.6. The Balaban J connectivity index is 1.57. The van der Waals surface area contributed by atoms with E-state index >= 15 is 0 Å². The zero-order valence-corrected chi connectivity index (χ0v) is 16.0. The van der Waals surface area contributed by atoms with Gasteiger partial charge in [0.05, 0.1) is 0 Å². The quantitative estimate of drug-likeness (QED) is 0.689. The maximum Gasteiger partial charge on any atom is 0.258 e. The predicted octanol–water partition coefficient (Wildman–Crippen LogP) is 3.77. The number of carbonyl (C=O) groups excluding carboxylic acids is 1. The molecule has 1 saturated heterocycles. The highest BCUT2D eigenvalue weighted by Crippen LogP contribution is 2.33. The molecule has 0 spiro atoms. The Hall–Kier alpha value is -3.22. The van der Waals surface area contributed by atoms with Gasteiger partial charge in [-0.05, 0) is 42.8 Å². The van der Waals surface area contributed by atoms with Crippen molar-refractivity contribution in [2.75, 3.05) is 30.4 Å². The van der Waals surface area contributed by atoms with Gasteiger partial charge >= 0.3 is 0 Å². The molecule has 1 unspecified atom stereocenters. The Kier molecular flexibility index (Phi) is 4.58. The summed E-state index contributed by atoms with van der Waals surface area (Å²) in [5, 5.41) is 4.10. The lowest BCUT2D eigenvalue weighted by Crippen LogP contribution is -2.25. The lowest BCUT2D eigenvalue weighted by molar-refractivity contribution is -0.117. The van der Waals surface area contributed by atoms with Crippen molar-refractivity contribution in [1.82, 2.24) is 10.1 Å². The average Bonchev–Trinajstić information content (AvgIpc) is 3.31. The van der Waals surface area contributed by atoms with E-state index in [0.717, 1.165) is 16.8 Å². The summed E-state index contributed by atoms with van der Waals surface area (Å²) in [6, 6.07) is 12.3. The van der Waals surface area contributed by atoms with Crippen LogP contribution in [0.2, 0.25) is 0 Å². The molecule has 0 bridgehead atoms. The molecule has 7 heteroatoms. The van der Waals surface area contributed by atoms with Gasteiger partial charge in [-0.15, -0.1) is 0 Å². The number of halogens is 1. The van der Waals surface area contributed by atoms with E-state index in [1.807, 2.05) is 50.2 Å². The largest absolute Gasteiger partial charge is 0.378 e. The first-order chi connectivity index (χ1) is 13.4. The Morgan fingerprint density at radius 3 is 2.82 bits per heavy atom. The second kappa shape index (κ2) is 7.07. The lowest BCUT2D eigenvalue weighted by atomic mass is 10.1. The molecular formula is C21H21FN4O2. The van der Waals surface area contributed by atoms with E-state index in [1.54, 1.807) is 11.0 Å². The Labute approximate surface area is 162 Å². The summed E-state index contributed by atoms with van der Waals surface area (Å²) >= 11 is 0. The van der Waals surface area contributed by atoms with E-state index in [2.05, 4.69) is 10.1 Å². The van der Waals surface area contributed by atoms with E-state index in [1.165, 1.54) is 12.1 Å². The lowest BCUT2D eigenvalue weighted by Gasteiger charge is -2.18. The number of aromatic nitrogens is 2. The highest BCUT2D eigenvalue weighted by atomic mass is 19.1. The summed E-state index contributed by atoms with van der Waals surface area (Å²) in [5.74, 6) is 0.297. The van der Waals surface area contributed by atoms with E-state index in [-0.39, 0.29) is 24.1 Å². The van der Waals surface area contributed by atoms with Crippen LogP contribution in [0.5, 0.6) is 0 Å². The monoisotopic (exact) mass is 380 g/mol. The summed E-state index contributed by atoms with van der Waals surface area (Å²) < 4.78 is 19.1. The molecule has 0 aliphatic carbocycles. The molecular weight excluding hydrogens is 359 g/mol. The SMILES string of the molecule is Cc1ccc(F)cc1N1CC(c2noc(-c3cccc(N(C)C)c3)n2)CC1=O. The summed E-state index contributed by atoms with van der Waals surface area (Å²) in [4.78, 5) is 20.6. The summed E-state index contributed by atoms with van der Waals surface area (Å²) in [6.07, 6.45) is 0.271. The molecule has 3 aromatic rings. The van der Waals surface area contributed by atoms with Gasteiger partial charge in [0.2, 0.25) is 5.91 Å². The number of rotatable bonds is 4. The van der Waals surface area contributed by atoms with Crippen LogP contribution >= 0.6 is 0 Å². The van der Waals surface area contributed by atoms with Crippen LogP contribution in [0.4, 0.5) is 15.8 Å². The summed E-state index contributed by atoms with van der Waals surface area (Å²) in [7, 11) is 3.93. The molecule has 2 aromatic carbocycles. The van der Waals surface area contributed by atoms with Crippen LogP contribution in [0.1, 0.15) is 23.7 Å². The average molecular weight is 380 g/mol. The Bertz CT molecular complexity index is 1030. The fourth-order valence-electron chi connectivity index (χ4n) is 3.42. The molecule has 6 nitrogen and oxygen atoms in total. The molecule has 0 radical (unpaired) electrons. The Morgan fingerprint density at radius 2 is 2.04 bits per heavy atom. The molecule has 2 heterocycles. The van der Waals surface area contributed by atoms with E-state index in [0.29, 0.717) is 23.9 Å². The number of carbonyl (C=O) groups is 1. The molecule has 1 amide bonds. The van der Waals surface area contributed by atoms with Crippen LogP contribution in [-0.2, 0) is 4.79 Å². The zero-order valence-electron chi connectivity index (χ0n) is 16.0. The van der Waals surface area contributed by atoms with Crippen molar-refractivity contribution in [2.45, 2.75) is 19.3 Å². The van der Waals surface area contributed by atoms with Crippen LogP contribution in [0.25, 0.3) is 11.5 Å². The van der Waals surface area contributed by atoms with Gasteiger partial charge in [-0.2, -0.15) is 4.98 Å². The molecule has 1 aromatic heterocycles. The first kappa shape index (κ1) is 18.2. The van der Waals surface area contributed by atoms with Gasteiger partial charge in [0, 0.05) is 49.9 Å². The fourth-order valence-corrected chi connectivity index (χ4v) is 3.42. The predicted molar refractivity (Wildman–Crippen MR) is 105 cm³/mol. The fraction of sp³-hybridized carbons (Fsp3) is 0.286. The zero-order chi connectivity index (χ0) is 19.8. The van der Waals surface area contributed by atoms with Gasteiger partial charge in [-0.3, -0.25) is 4.79 Å². The Morgan fingerprint density at radius 1 is 1.21 bits per heavy atom. The summed E-state index contributed by atoms with van der Waals surface area (Å²) in [5.41, 5.74) is 3.30. The number of hydrogen-bond donors (Lipinski definition) is 0. The topological polar surface area (TPSA) is 62.5 Å². The van der Waals surface area contributed by atoms with Crippen molar-refractivity contribution in [3.8, 4) is 11.5 Å². The molecule has 4 rings (SSSR count). The molecule has 1 fully saturated rings. The van der Waals surface area contributed by atoms with E-state index in [9.17, 15) is 9.18 Å². The molecule has 144 valence electrons. The van der Waals surface area contributed by atoms with Gasteiger partial charge < -0.3 is 14.3 Å². The van der Waals surface area contributed by atoms with Gasteiger partial charge in [0.25, 0.3) is 5.89 Å². The number of amides is 1. The number of benzene rings is 2. The van der Waals surface area contributed by atoms with E-state index in [4.69, 9.17) is 4.52 Å². The number of aryl methyl sites for hydroxylation is 1. The molecule has 0 saturated carbocycles. The second-order valence-electron chi connectivity index (χ2n) is 7.24. The van der Waals surface area contributed by atoms with Gasteiger partial charge in [-0.25, -0.2) is 4.39 Å². The third kappa shape index (κ3) is 3.35. The third-order valence-electron chi connectivity index (χ3n) is 5.00. The minimum atomic E-state index is -0.362. The second-order valence-corrected chi connectivity index (χ2v) is 7.24. The van der Waals surface area contributed by atoms with Gasteiger partial charge in [0.15, 0.2) is 5.82 Å². The molecule has 0 N–H and O–H groups in total. The molecule has 1 atom stereocenters. The minimum absolute atomic E-state index is 0.0698. The van der Waals surface area contributed by atoms with Crippen molar-refractivity contribution in [3.63, 3.8) is 0 Å². The normalized spacial score (nSPS) is 16.6.